The van der Waals surface area contributed by atoms with Crippen LogP contribution in [0.15, 0.2) is 94.7 Å². The van der Waals surface area contributed by atoms with Gasteiger partial charge in [0.15, 0.2) is 0 Å². The SMILES string of the molecule is [Ni].[S-]c1ccccc1[N-]Cc1ccc(Cl)c(Cl)c1.[S-]c1ccccc1[N-]Cc1ccc(Cl)c(Cl)c1. The van der Waals surface area contributed by atoms with Gasteiger partial charge in [0, 0.05) is 16.5 Å². The van der Waals surface area contributed by atoms with Crippen molar-refractivity contribution in [1.29, 1.82) is 0 Å². The van der Waals surface area contributed by atoms with Crippen LogP contribution in [0.1, 0.15) is 11.1 Å². The van der Waals surface area contributed by atoms with Gasteiger partial charge in [0.1, 0.15) is 0 Å². The largest absolute Gasteiger partial charge is 0.781 e. The molecule has 0 unspecified atom stereocenters. The van der Waals surface area contributed by atoms with Gasteiger partial charge >= 0.3 is 0 Å². The first-order chi connectivity index (χ1) is 16.3. The third-order valence-electron chi connectivity index (χ3n) is 4.56. The van der Waals surface area contributed by atoms with Crippen LogP contribution >= 0.6 is 46.4 Å². The monoisotopic (exact) mass is 620 g/mol. The number of para-hydroxylation sites is 2. The molecule has 0 heterocycles. The molecule has 186 valence electrons. The zero-order valence-electron chi connectivity index (χ0n) is 18.0. The summed E-state index contributed by atoms with van der Waals surface area (Å²) in [6.45, 7) is 1.09. The molecule has 4 aromatic carbocycles. The maximum atomic E-state index is 5.93. The van der Waals surface area contributed by atoms with E-state index in [-0.39, 0.29) is 16.5 Å². The molecule has 0 saturated carbocycles. The minimum absolute atomic E-state index is 0. The van der Waals surface area contributed by atoms with E-state index < -0.39 is 0 Å². The van der Waals surface area contributed by atoms with Gasteiger partial charge in [-0.1, -0.05) is 118 Å². The minimum Gasteiger partial charge on any atom is -0.781 e. The van der Waals surface area contributed by atoms with Crippen molar-refractivity contribution in [3.8, 4) is 0 Å². The maximum absolute atomic E-state index is 5.93. The summed E-state index contributed by atoms with van der Waals surface area (Å²) in [5.41, 5.74) is 3.68. The first kappa shape index (κ1) is 29.8. The second-order valence-corrected chi connectivity index (χ2v) is 9.57. The number of benzene rings is 4. The zero-order chi connectivity index (χ0) is 24.5. The number of hydrogen-bond acceptors (Lipinski definition) is 2. The van der Waals surface area contributed by atoms with Crippen molar-refractivity contribution in [1.82, 2.24) is 0 Å². The van der Waals surface area contributed by atoms with Crippen LogP contribution in [0, 0.1) is 0 Å². The molecule has 0 atom stereocenters. The van der Waals surface area contributed by atoms with Crippen LogP contribution in [-0.4, -0.2) is 0 Å². The Labute approximate surface area is 247 Å². The fourth-order valence-corrected chi connectivity index (χ4v) is 3.87. The van der Waals surface area contributed by atoms with Gasteiger partial charge in [0.2, 0.25) is 0 Å². The predicted octanol–water partition coefficient (Wildman–Crippen LogP) is 10.2. The van der Waals surface area contributed by atoms with Crippen LogP contribution < -0.4 is 0 Å². The topological polar surface area (TPSA) is 28.2 Å². The molecule has 35 heavy (non-hydrogen) atoms. The van der Waals surface area contributed by atoms with Gasteiger partial charge in [-0.15, -0.1) is 13.1 Å². The number of nitrogens with zero attached hydrogens (tertiary/aromatic N) is 2. The van der Waals surface area contributed by atoms with E-state index in [4.69, 9.17) is 71.7 Å². The van der Waals surface area contributed by atoms with Crippen LogP contribution in [-0.2, 0) is 54.8 Å². The van der Waals surface area contributed by atoms with Gasteiger partial charge in [-0.25, -0.2) is 0 Å². The standard InChI is InChI=1S/2C13H10Cl2NS.Ni/c2*14-10-6-5-9(7-11(10)15)8-16-12-3-1-2-4-13(12)17;/h2*1-7,17H,8H2;/q2*-1;/p-2. The van der Waals surface area contributed by atoms with Gasteiger partial charge in [-0.05, 0) is 24.3 Å². The number of rotatable bonds is 6. The Morgan fingerprint density at radius 1 is 0.514 bits per heavy atom. The van der Waals surface area contributed by atoms with Gasteiger partial charge < -0.3 is 35.9 Å². The van der Waals surface area contributed by atoms with Crippen molar-refractivity contribution < 1.29 is 16.5 Å². The molecule has 0 fully saturated rings. The smallest absolute Gasteiger partial charge is 0.0594 e. The molecule has 9 heteroatoms. The quantitative estimate of drug-likeness (QED) is 0.158. The van der Waals surface area contributed by atoms with E-state index in [1.807, 2.05) is 72.8 Å². The Morgan fingerprint density at radius 2 is 0.886 bits per heavy atom. The number of hydrogen-bond donors (Lipinski definition) is 0. The molecule has 0 N–H and O–H groups in total. The Kier molecular flexibility index (Phi) is 12.7. The molecule has 2 nitrogen and oxygen atoms in total. The van der Waals surface area contributed by atoms with Gasteiger partial charge in [0.05, 0.1) is 20.1 Å². The molecule has 0 amide bonds. The average Bonchev–Trinajstić information content (AvgIpc) is 2.83. The molecule has 0 aliphatic carbocycles. The van der Waals surface area contributed by atoms with Crippen molar-refractivity contribution in [2.24, 2.45) is 0 Å². The Balaban J connectivity index is 0.000000240. The molecular formula is C26H18Cl4N2NiS2-4. The second-order valence-electron chi connectivity index (χ2n) is 7.06. The van der Waals surface area contributed by atoms with Crippen molar-refractivity contribution in [3.05, 3.63) is 127 Å². The van der Waals surface area contributed by atoms with E-state index in [1.165, 1.54) is 0 Å². The molecule has 0 aromatic heterocycles. The normalized spacial score (nSPS) is 9.94. The molecule has 0 spiro atoms. The fraction of sp³-hybridized carbons (Fsp3) is 0.0769. The average molecular weight is 623 g/mol. The van der Waals surface area contributed by atoms with E-state index in [0.29, 0.717) is 33.2 Å². The predicted molar refractivity (Wildman–Crippen MR) is 151 cm³/mol. The van der Waals surface area contributed by atoms with Gasteiger partial charge in [-0.2, -0.15) is 21.2 Å². The third-order valence-corrected chi connectivity index (χ3v) is 6.73. The summed E-state index contributed by atoms with van der Waals surface area (Å²) < 4.78 is 0. The van der Waals surface area contributed by atoms with E-state index >= 15 is 0 Å². The summed E-state index contributed by atoms with van der Waals surface area (Å²) in [5.74, 6) is 0. The van der Waals surface area contributed by atoms with Crippen molar-refractivity contribution in [2.75, 3.05) is 0 Å². The first-order valence-electron chi connectivity index (χ1n) is 10.1. The summed E-state index contributed by atoms with van der Waals surface area (Å²) in [5, 5.41) is 11.1. The molecule has 4 aromatic rings. The zero-order valence-corrected chi connectivity index (χ0v) is 23.7. The summed E-state index contributed by atoms with van der Waals surface area (Å²) >= 11 is 33.9. The van der Waals surface area contributed by atoms with Crippen LogP contribution in [0.25, 0.3) is 10.6 Å². The maximum Gasteiger partial charge on any atom is 0.0594 e. The van der Waals surface area contributed by atoms with Crippen molar-refractivity contribution >= 4 is 83.0 Å². The van der Waals surface area contributed by atoms with Crippen LogP contribution in [0.2, 0.25) is 20.1 Å². The van der Waals surface area contributed by atoms with Gasteiger partial charge in [-0.3, -0.25) is 0 Å². The third kappa shape index (κ3) is 9.51. The number of halogens is 4. The first-order valence-corrected chi connectivity index (χ1v) is 12.4. The Morgan fingerprint density at radius 3 is 1.23 bits per heavy atom. The molecule has 4 rings (SSSR count). The molecule has 0 radical (unpaired) electrons. The van der Waals surface area contributed by atoms with Crippen LogP contribution in [0.4, 0.5) is 11.4 Å². The summed E-state index contributed by atoms with van der Waals surface area (Å²) in [4.78, 5) is 1.51. The molecule has 0 saturated heterocycles. The molecule has 0 aliphatic rings. The summed E-state index contributed by atoms with van der Waals surface area (Å²) in [6.07, 6.45) is 0. The second kappa shape index (κ2) is 15.0. The summed E-state index contributed by atoms with van der Waals surface area (Å²) in [6, 6.07) is 26.2. The molecular weight excluding hydrogens is 605 g/mol. The van der Waals surface area contributed by atoms with Gasteiger partial charge in [0.25, 0.3) is 0 Å². The van der Waals surface area contributed by atoms with Crippen molar-refractivity contribution in [3.63, 3.8) is 0 Å². The molecule has 0 bridgehead atoms. The van der Waals surface area contributed by atoms with E-state index in [9.17, 15) is 0 Å². The van der Waals surface area contributed by atoms with E-state index in [0.717, 1.165) is 32.3 Å². The Bertz CT molecular complexity index is 1160. The van der Waals surface area contributed by atoms with Crippen LogP contribution in [0.5, 0.6) is 0 Å². The van der Waals surface area contributed by atoms with Crippen LogP contribution in [0.3, 0.4) is 0 Å². The minimum atomic E-state index is 0. The fourth-order valence-electron chi connectivity index (χ4n) is 2.80. The van der Waals surface area contributed by atoms with Crippen molar-refractivity contribution in [2.45, 2.75) is 22.9 Å². The Hall–Kier alpha value is -1.43. The summed E-state index contributed by atoms with van der Waals surface area (Å²) in [7, 11) is 0. The van der Waals surface area contributed by atoms with E-state index in [1.54, 1.807) is 12.1 Å². The molecule has 0 aliphatic heterocycles. The van der Waals surface area contributed by atoms with E-state index in [2.05, 4.69) is 10.6 Å².